The smallest absolute Gasteiger partial charge is 0.434 e. The number of carbonyl (C=O) groups is 1. The van der Waals surface area contributed by atoms with Gasteiger partial charge in [0.05, 0.1) is 7.11 Å². The van der Waals surface area contributed by atoms with Crippen molar-refractivity contribution in [2.45, 2.75) is 38.0 Å². The van der Waals surface area contributed by atoms with Gasteiger partial charge in [0.15, 0.2) is 17.1 Å². The summed E-state index contributed by atoms with van der Waals surface area (Å²) in [5.74, 6) is -1.82. The van der Waals surface area contributed by atoms with Crippen molar-refractivity contribution in [3.63, 3.8) is 0 Å². The zero-order chi connectivity index (χ0) is 19.6. The predicted molar refractivity (Wildman–Crippen MR) is 91.7 cm³/mol. The Labute approximate surface area is 158 Å². The Balaban J connectivity index is 2.18. The molecule has 144 valence electrons. The van der Waals surface area contributed by atoms with Crippen LogP contribution in [0, 0.1) is 0 Å². The van der Waals surface area contributed by atoms with Crippen molar-refractivity contribution in [1.29, 1.82) is 0 Å². The number of hydrogen-bond acceptors (Lipinski definition) is 5. The second-order valence-corrected chi connectivity index (χ2v) is 6.53. The Morgan fingerprint density at radius 3 is 2.33 bits per heavy atom. The molecule has 3 rings (SSSR count). The minimum atomic E-state index is -4.89. The summed E-state index contributed by atoms with van der Waals surface area (Å²) in [4.78, 5) is 19.8. The summed E-state index contributed by atoms with van der Waals surface area (Å²) < 4.78 is 51.1. The van der Waals surface area contributed by atoms with E-state index >= 15 is 0 Å². The molecular formula is C18H16ClF3N2O3. The van der Waals surface area contributed by atoms with E-state index in [0.717, 1.165) is 20.0 Å². The molecule has 0 unspecified atom stereocenters. The number of halogens is 4. The first-order chi connectivity index (χ1) is 12.8. The molecule has 0 aliphatic heterocycles. The van der Waals surface area contributed by atoms with Gasteiger partial charge < -0.3 is 9.47 Å². The van der Waals surface area contributed by atoms with E-state index in [0.29, 0.717) is 23.4 Å². The summed E-state index contributed by atoms with van der Waals surface area (Å²) in [5.41, 5.74) is -1.88. The zero-order valence-electron chi connectivity index (χ0n) is 14.3. The van der Waals surface area contributed by atoms with Gasteiger partial charge in [-0.15, -0.1) is 0 Å². The summed E-state index contributed by atoms with van der Waals surface area (Å²) in [5, 5.41) is 0.420. The molecule has 1 heterocycles. The maximum atomic E-state index is 13.6. The third-order valence-corrected chi connectivity index (χ3v) is 4.47. The monoisotopic (exact) mass is 400 g/mol. The zero-order valence-corrected chi connectivity index (χ0v) is 15.1. The number of ether oxygens (including phenoxy) is 2. The number of hydrogen-bond donors (Lipinski definition) is 0. The van der Waals surface area contributed by atoms with Crippen molar-refractivity contribution < 1.29 is 27.4 Å². The van der Waals surface area contributed by atoms with E-state index in [1.54, 1.807) is 0 Å². The molecule has 0 amide bonds. The first kappa shape index (κ1) is 19.4. The minimum absolute atomic E-state index is 0.209. The Hall–Kier alpha value is -2.35. The molecule has 0 N–H and O–H groups in total. The maximum Gasteiger partial charge on any atom is 0.434 e. The molecule has 1 aliphatic carbocycles. The molecule has 5 nitrogen and oxygen atoms in total. The lowest BCUT2D eigenvalue weighted by molar-refractivity contribution is -0.141. The molecule has 0 saturated heterocycles. The summed E-state index contributed by atoms with van der Waals surface area (Å²) in [6.07, 6.45) is -2.02. The third-order valence-electron chi connectivity index (χ3n) is 4.22. The van der Waals surface area contributed by atoms with Gasteiger partial charge in [-0.1, -0.05) is 11.6 Å². The molecule has 0 atom stereocenters. The maximum absolute atomic E-state index is 13.6. The van der Waals surface area contributed by atoms with Gasteiger partial charge in [0.25, 0.3) is 0 Å². The van der Waals surface area contributed by atoms with Crippen LogP contribution in [0.4, 0.5) is 13.2 Å². The normalized spacial score (nSPS) is 15.0. The van der Waals surface area contributed by atoms with Gasteiger partial charge in [-0.3, -0.25) is 0 Å². The highest BCUT2D eigenvalue weighted by atomic mass is 35.5. The molecule has 1 aliphatic rings. The van der Waals surface area contributed by atoms with Gasteiger partial charge in [-0.2, -0.15) is 18.2 Å². The molecule has 27 heavy (non-hydrogen) atoms. The second-order valence-electron chi connectivity index (χ2n) is 6.10. The minimum Gasteiger partial charge on any atom is -0.474 e. The van der Waals surface area contributed by atoms with Crippen LogP contribution in [0.5, 0.6) is 5.88 Å². The quantitative estimate of drug-likeness (QED) is 0.681. The van der Waals surface area contributed by atoms with Crippen LogP contribution in [-0.4, -0.2) is 29.2 Å². The molecule has 1 fully saturated rings. The van der Waals surface area contributed by atoms with Crippen molar-refractivity contribution in [1.82, 2.24) is 9.97 Å². The van der Waals surface area contributed by atoms with E-state index in [2.05, 4.69) is 14.7 Å². The van der Waals surface area contributed by atoms with Crippen molar-refractivity contribution in [3.8, 4) is 17.3 Å². The predicted octanol–water partition coefficient (Wildman–Crippen LogP) is 4.92. The first-order valence-corrected chi connectivity index (χ1v) is 8.67. The highest BCUT2D eigenvalue weighted by Gasteiger charge is 2.41. The number of aromatic nitrogens is 2. The van der Waals surface area contributed by atoms with E-state index in [9.17, 15) is 18.0 Å². The van der Waals surface area contributed by atoms with Crippen molar-refractivity contribution in [2.75, 3.05) is 7.11 Å². The highest BCUT2D eigenvalue weighted by molar-refractivity contribution is 6.30. The third kappa shape index (κ3) is 4.32. The number of nitrogens with zero attached hydrogens (tertiary/aromatic N) is 2. The lowest BCUT2D eigenvalue weighted by Crippen LogP contribution is -2.22. The molecule has 2 aromatic rings. The summed E-state index contributed by atoms with van der Waals surface area (Å²) in [7, 11) is 0.995. The van der Waals surface area contributed by atoms with E-state index in [-0.39, 0.29) is 11.9 Å². The fourth-order valence-electron chi connectivity index (χ4n) is 2.91. The number of esters is 1. The Kier molecular flexibility index (Phi) is 5.55. The Bertz CT molecular complexity index is 835. The molecule has 9 heteroatoms. The van der Waals surface area contributed by atoms with Gasteiger partial charge in [-0.25, -0.2) is 9.78 Å². The number of rotatable bonds is 4. The fourth-order valence-corrected chi connectivity index (χ4v) is 3.03. The summed E-state index contributed by atoms with van der Waals surface area (Å²) in [6.45, 7) is 0. The standard InChI is InChI=1S/C18H16ClF3N2O3/c1-26-17(25)13-14(18(20,21)22)23-15(10-6-8-11(19)9-7-10)24-16(13)27-12-4-2-3-5-12/h6-9,12H,2-5H2,1H3. The van der Waals surface area contributed by atoms with E-state index in [4.69, 9.17) is 16.3 Å². The van der Waals surface area contributed by atoms with Crippen molar-refractivity contribution in [3.05, 3.63) is 40.5 Å². The van der Waals surface area contributed by atoms with Crippen LogP contribution in [0.1, 0.15) is 41.7 Å². The van der Waals surface area contributed by atoms with Gasteiger partial charge in [0.1, 0.15) is 6.10 Å². The fraction of sp³-hybridized carbons (Fsp3) is 0.389. The first-order valence-electron chi connectivity index (χ1n) is 8.29. The number of carbonyl (C=O) groups excluding carboxylic acids is 1. The Morgan fingerprint density at radius 2 is 1.78 bits per heavy atom. The Morgan fingerprint density at radius 1 is 1.15 bits per heavy atom. The number of benzene rings is 1. The van der Waals surface area contributed by atoms with Gasteiger partial charge in [-0.05, 0) is 49.9 Å². The molecule has 0 spiro atoms. The van der Waals surface area contributed by atoms with Crippen molar-refractivity contribution >= 4 is 17.6 Å². The van der Waals surface area contributed by atoms with Gasteiger partial charge in [0, 0.05) is 10.6 Å². The lowest BCUT2D eigenvalue weighted by atomic mass is 10.1. The van der Waals surface area contributed by atoms with Crippen LogP contribution in [0.2, 0.25) is 5.02 Å². The summed E-state index contributed by atoms with van der Waals surface area (Å²) in [6, 6.07) is 6.02. The molecule has 0 bridgehead atoms. The van der Waals surface area contributed by atoms with Crippen LogP contribution in [0.3, 0.4) is 0 Å². The lowest BCUT2D eigenvalue weighted by Gasteiger charge is -2.18. The molecule has 1 saturated carbocycles. The largest absolute Gasteiger partial charge is 0.474 e. The van der Waals surface area contributed by atoms with Crippen molar-refractivity contribution in [2.24, 2.45) is 0 Å². The average molecular weight is 401 g/mol. The van der Waals surface area contributed by atoms with Crippen LogP contribution >= 0.6 is 11.6 Å². The number of alkyl halides is 3. The van der Waals surface area contributed by atoms with Gasteiger partial charge >= 0.3 is 12.1 Å². The molecule has 1 aromatic carbocycles. The van der Waals surface area contributed by atoms with Crippen LogP contribution < -0.4 is 4.74 Å². The van der Waals surface area contributed by atoms with Crippen LogP contribution in [-0.2, 0) is 10.9 Å². The average Bonchev–Trinajstić information content (AvgIpc) is 3.13. The highest BCUT2D eigenvalue weighted by Crippen LogP contribution is 2.37. The second kappa shape index (κ2) is 7.72. The van der Waals surface area contributed by atoms with E-state index < -0.39 is 29.3 Å². The SMILES string of the molecule is COC(=O)c1c(OC2CCCC2)nc(-c2ccc(Cl)cc2)nc1C(F)(F)F. The number of methoxy groups -OCH3 is 1. The summed E-state index contributed by atoms with van der Waals surface area (Å²) >= 11 is 5.83. The van der Waals surface area contributed by atoms with E-state index in [1.807, 2.05) is 0 Å². The molecular weight excluding hydrogens is 385 g/mol. The molecule has 1 aromatic heterocycles. The van der Waals surface area contributed by atoms with Gasteiger partial charge in [0.2, 0.25) is 5.88 Å². The van der Waals surface area contributed by atoms with Crippen LogP contribution in [0.15, 0.2) is 24.3 Å². The van der Waals surface area contributed by atoms with Crippen LogP contribution in [0.25, 0.3) is 11.4 Å². The van der Waals surface area contributed by atoms with E-state index in [1.165, 1.54) is 24.3 Å². The molecule has 0 radical (unpaired) electrons. The topological polar surface area (TPSA) is 61.3 Å².